The molecular formula is C12H18N4O3. The molecule has 4 N–H and O–H groups in total. The zero-order valence-corrected chi connectivity index (χ0v) is 10.6. The number of nitro benzene ring substituents is 1. The molecule has 0 radical (unpaired) electrons. The van der Waals surface area contributed by atoms with Crippen molar-refractivity contribution in [2.75, 3.05) is 30.0 Å². The molecule has 7 heteroatoms. The number of aliphatic hydroxyl groups is 1. The van der Waals surface area contributed by atoms with Crippen molar-refractivity contribution in [3.05, 3.63) is 28.3 Å². The van der Waals surface area contributed by atoms with Crippen LogP contribution < -0.4 is 16.2 Å². The number of nitro groups is 1. The van der Waals surface area contributed by atoms with Crippen molar-refractivity contribution < 1.29 is 10.0 Å². The van der Waals surface area contributed by atoms with Crippen molar-refractivity contribution in [1.29, 1.82) is 0 Å². The summed E-state index contributed by atoms with van der Waals surface area (Å²) in [4.78, 5) is 12.5. The van der Waals surface area contributed by atoms with Crippen molar-refractivity contribution in [2.24, 2.45) is 11.8 Å². The first-order chi connectivity index (χ1) is 9.13. The minimum absolute atomic E-state index is 0.0229. The van der Waals surface area contributed by atoms with Crippen molar-refractivity contribution >= 4 is 17.1 Å². The lowest BCUT2D eigenvalue weighted by Gasteiger charge is -2.32. The standard InChI is InChI=1S/C12H18N4O3/c13-14-10-5-11(7-12(6-10)16(18)19)15-3-1-9(8-17)2-4-15/h5-7,9,14,17H,1-4,8,13H2. The van der Waals surface area contributed by atoms with Gasteiger partial charge in [-0.3, -0.25) is 16.0 Å². The van der Waals surface area contributed by atoms with Crippen LogP contribution in [0.5, 0.6) is 0 Å². The van der Waals surface area contributed by atoms with Gasteiger partial charge in [0.1, 0.15) is 0 Å². The molecular weight excluding hydrogens is 248 g/mol. The van der Waals surface area contributed by atoms with Gasteiger partial charge in [0.25, 0.3) is 5.69 Å². The number of nitrogens with zero attached hydrogens (tertiary/aromatic N) is 2. The quantitative estimate of drug-likeness (QED) is 0.428. The highest BCUT2D eigenvalue weighted by Gasteiger charge is 2.20. The number of nitrogens with one attached hydrogen (secondary N) is 1. The van der Waals surface area contributed by atoms with E-state index < -0.39 is 4.92 Å². The number of benzene rings is 1. The summed E-state index contributed by atoms with van der Waals surface area (Å²) >= 11 is 0. The van der Waals surface area contributed by atoms with E-state index in [2.05, 4.69) is 10.3 Å². The first-order valence-corrected chi connectivity index (χ1v) is 6.26. The number of non-ortho nitro benzene ring substituents is 1. The predicted molar refractivity (Wildman–Crippen MR) is 72.9 cm³/mol. The van der Waals surface area contributed by atoms with Gasteiger partial charge in [-0.05, 0) is 24.8 Å². The molecule has 1 fully saturated rings. The van der Waals surface area contributed by atoms with Crippen LogP contribution in [0, 0.1) is 16.0 Å². The number of hydrogen-bond donors (Lipinski definition) is 3. The minimum Gasteiger partial charge on any atom is -0.396 e. The van der Waals surface area contributed by atoms with E-state index in [0.29, 0.717) is 11.6 Å². The number of aliphatic hydroxyl groups excluding tert-OH is 1. The third-order valence-electron chi connectivity index (χ3n) is 3.52. The van der Waals surface area contributed by atoms with Crippen molar-refractivity contribution in [3.63, 3.8) is 0 Å². The van der Waals surface area contributed by atoms with Crippen LogP contribution in [0.1, 0.15) is 12.8 Å². The fourth-order valence-corrected chi connectivity index (χ4v) is 2.34. The van der Waals surface area contributed by atoms with E-state index in [9.17, 15) is 10.1 Å². The van der Waals surface area contributed by atoms with Gasteiger partial charge >= 0.3 is 0 Å². The highest BCUT2D eigenvalue weighted by atomic mass is 16.6. The van der Waals surface area contributed by atoms with E-state index in [1.165, 1.54) is 6.07 Å². The van der Waals surface area contributed by atoms with Crippen molar-refractivity contribution in [2.45, 2.75) is 12.8 Å². The van der Waals surface area contributed by atoms with Gasteiger partial charge in [-0.1, -0.05) is 0 Å². The second-order valence-electron chi connectivity index (χ2n) is 4.75. The lowest BCUT2D eigenvalue weighted by atomic mass is 9.97. The third-order valence-corrected chi connectivity index (χ3v) is 3.52. The summed E-state index contributed by atoms with van der Waals surface area (Å²) in [6.07, 6.45) is 1.79. The van der Waals surface area contributed by atoms with Gasteiger partial charge in [-0.25, -0.2) is 0 Å². The zero-order chi connectivity index (χ0) is 13.8. The normalized spacial score (nSPS) is 16.4. The topological polar surface area (TPSA) is 105 Å². The fraction of sp³-hybridized carbons (Fsp3) is 0.500. The Hall–Kier alpha value is -1.86. The van der Waals surface area contributed by atoms with E-state index in [4.69, 9.17) is 10.9 Å². The number of rotatable bonds is 4. The number of anilines is 2. The molecule has 0 aliphatic carbocycles. The summed E-state index contributed by atoms with van der Waals surface area (Å²) in [5.74, 6) is 5.67. The molecule has 2 rings (SSSR count). The largest absolute Gasteiger partial charge is 0.396 e. The van der Waals surface area contributed by atoms with Crippen LogP contribution in [0.3, 0.4) is 0 Å². The molecule has 1 heterocycles. The van der Waals surface area contributed by atoms with Gasteiger partial charge in [0, 0.05) is 37.5 Å². The molecule has 0 aromatic heterocycles. The lowest BCUT2D eigenvalue weighted by molar-refractivity contribution is -0.384. The highest BCUT2D eigenvalue weighted by molar-refractivity contribution is 5.64. The van der Waals surface area contributed by atoms with Gasteiger partial charge < -0.3 is 15.4 Å². The second-order valence-corrected chi connectivity index (χ2v) is 4.75. The molecule has 7 nitrogen and oxygen atoms in total. The average molecular weight is 266 g/mol. The van der Waals surface area contributed by atoms with E-state index in [-0.39, 0.29) is 12.3 Å². The van der Waals surface area contributed by atoms with Crippen LogP contribution in [-0.2, 0) is 0 Å². The summed E-state index contributed by atoms with van der Waals surface area (Å²) in [6.45, 7) is 1.78. The minimum atomic E-state index is -0.426. The Morgan fingerprint density at radius 1 is 1.42 bits per heavy atom. The van der Waals surface area contributed by atoms with Crippen molar-refractivity contribution in [3.8, 4) is 0 Å². The molecule has 0 saturated carbocycles. The Morgan fingerprint density at radius 2 is 2.11 bits per heavy atom. The third kappa shape index (κ3) is 3.12. The molecule has 0 bridgehead atoms. The van der Waals surface area contributed by atoms with Gasteiger partial charge in [-0.2, -0.15) is 0 Å². The van der Waals surface area contributed by atoms with E-state index in [1.807, 2.05) is 0 Å². The molecule has 1 saturated heterocycles. The maximum atomic E-state index is 10.9. The Labute approximate surface area is 111 Å². The Balaban J connectivity index is 2.20. The molecule has 0 unspecified atom stereocenters. The maximum Gasteiger partial charge on any atom is 0.273 e. The van der Waals surface area contributed by atoms with Crippen LogP contribution in [0.2, 0.25) is 0 Å². The van der Waals surface area contributed by atoms with Crippen LogP contribution in [0.15, 0.2) is 18.2 Å². The predicted octanol–water partition coefficient (Wildman–Crippen LogP) is 1.09. The number of nitrogens with two attached hydrogens (primary N) is 1. The summed E-state index contributed by atoms with van der Waals surface area (Å²) in [7, 11) is 0. The van der Waals surface area contributed by atoms with Gasteiger partial charge in [0.05, 0.1) is 10.6 Å². The fourth-order valence-electron chi connectivity index (χ4n) is 2.34. The average Bonchev–Trinajstić information content (AvgIpc) is 2.46. The highest BCUT2D eigenvalue weighted by Crippen LogP contribution is 2.29. The second kappa shape index (κ2) is 5.85. The van der Waals surface area contributed by atoms with E-state index in [0.717, 1.165) is 31.6 Å². The maximum absolute atomic E-state index is 10.9. The Morgan fingerprint density at radius 3 is 2.63 bits per heavy atom. The molecule has 1 aromatic rings. The van der Waals surface area contributed by atoms with Gasteiger partial charge in [0.2, 0.25) is 0 Å². The van der Waals surface area contributed by atoms with Crippen LogP contribution >= 0.6 is 0 Å². The number of piperidine rings is 1. The van der Waals surface area contributed by atoms with Gasteiger partial charge in [-0.15, -0.1) is 0 Å². The zero-order valence-electron chi connectivity index (χ0n) is 10.6. The summed E-state index contributed by atoms with van der Waals surface area (Å²) < 4.78 is 0. The molecule has 0 spiro atoms. The van der Waals surface area contributed by atoms with Gasteiger partial charge in [0.15, 0.2) is 0 Å². The molecule has 104 valence electrons. The number of hydrazine groups is 1. The van der Waals surface area contributed by atoms with E-state index in [1.54, 1.807) is 12.1 Å². The number of hydrogen-bond acceptors (Lipinski definition) is 6. The van der Waals surface area contributed by atoms with Crippen LogP contribution in [0.25, 0.3) is 0 Å². The monoisotopic (exact) mass is 266 g/mol. The lowest BCUT2D eigenvalue weighted by Crippen LogP contribution is -2.34. The molecule has 0 amide bonds. The summed E-state index contributed by atoms with van der Waals surface area (Å²) in [5, 5.41) is 20.0. The molecule has 1 aliphatic rings. The molecule has 0 atom stereocenters. The smallest absolute Gasteiger partial charge is 0.273 e. The summed E-state index contributed by atoms with van der Waals surface area (Å²) in [5.41, 5.74) is 3.79. The first-order valence-electron chi connectivity index (χ1n) is 6.26. The number of nitrogen functional groups attached to an aromatic ring is 1. The van der Waals surface area contributed by atoms with Crippen LogP contribution in [-0.4, -0.2) is 29.7 Å². The van der Waals surface area contributed by atoms with E-state index >= 15 is 0 Å². The van der Waals surface area contributed by atoms with Crippen molar-refractivity contribution in [1.82, 2.24) is 0 Å². The van der Waals surface area contributed by atoms with Crippen LogP contribution in [0.4, 0.5) is 17.1 Å². The SMILES string of the molecule is NNc1cc(N2CCC(CO)CC2)cc([N+](=O)[O-])c1. The molecule has 1 aliphatic heterocycles. The first kappa shape index (κ1) is 13.6. The summed E-state index contributed by atoms with van der Waals surface area (Å²) in [6, 6.07) is 4.76. The Kier molecular flexibility index (Phi) is 4.18. The molecule has 1 aromatic carbocycles. The Bertz CT molecular complexity index is 458. The molecule has 19 heavy (non-hydrogen) atoms.